The fourth-order valence-corrected chi connectivity index (χ4v) is 4.21. The summed E-state index contributed by atoms with van der Waals surface area (Å²) in [7, 11) is 1.65. The number of carbonyl (C=O) groups is 1. The van der Waals surface area contributed by atoms with Gasteiger partial charge in [-0.2, -0.15) is 0 Å². The lowest BCUT2D eigenvalue weighted by Gasteiger charge is -2.08. The lowest BCUT2D eigenvalue weighted by atomic mass is 10.1. The van der Waals surface area contributed by atoms with Crippen LogP contribution in [0.5, 0.6) is 0 Å². The van der Waals surface area contributed by atoms with E-state index in [-0.39, 0.29) is 12.2 Å². The highest BCUT2D eigenvalue weighted by Gasteiger charge is 2.18. The van der Waals surface area contributed by atoms with E-state index in [1.807, 2.05) is 47.8 Å². The van der Waals surface area contributed by atoms with Gasteiger partial charge in [-0.1, -0.05) is 36.4 Å². The Morgan fingerprint density at radius 2 is 1.93 bits per heavy atom. The van der Waals surface area contributed by atoms with Gasteiger partial charge in [0.15, 0.2) is 12.4 Å². The first-order chi connectivity index (χ1) is 13.6. The zero-order valence-corrected chi connectivity index (χ0v) is 15.6. The molecule has 0 N–H and O–H groups in total. The minimum absolute atomic E-state index is 0.0492. The van der Waals surface area contributed by atoms with Crippen molar-refractivity contribution in [3.63, 3.8) is 0 Å². The molecule has 0 aliphatic heterocycles. The van der Waals surface area contributed by atoms with Gasteiger partial charge in [0.1, 0.15) is 4.70 Å². The zero-order chi connectivity index (χ0) is 19.3. The van der Waals surface area contributed by atoms with E-state index >= 15 is 0 Å². The van der Waals surface area contributed by atoms with Crippen LogP contribution in [0.2, 0.25) is 0 Å². The molecule has 0 aliphatic carbocycles. The van der Waals surface area contributed by atoms with Gasteiger partial charge in [0, 0.05) is 7.05 Å². The molecule has 138 valence electrons. The van der Waals surface area contributed by atoms with Gasteiger partial charge >= 0.3 is 5.97 Å². The number of hydrogen-bond donors (Lipinski definition) is 0. The molecule has 0 bridgehead atoms. The molecule has 0 radical (unpaired) electrons. The summed E-state index contributed by atoms with van der Waals surface area (Å²) in [5.74, 6) is 0.439. The molecular weight excluding hydrogens is 376 g/mol. The number of thiophene rings is 1. The van der Waals surface area contributed by atoms with E-state index in [1.54, 1.807) is 17.5 Å². The number of aryl methyl sites for hydroxylation is 1. The summed E-state index contributed by atoms with van der Waals surface area (Å²) in [6, 6.07) is 15.0. The summed E-state index contributed by atoms with van der Waals surface area (Å²) in [5.41, 5.74) is 1.09. The quantitative estimate of drug-likeness (QED) is 0.442. The number of nitrogens with zero attached hydrogens (tertiary/aromatic N) is 4. The molecular formula is C20H14N4O3S. The van der Waals surface area contributed by atoms with Crippen LogP contribution in [0, 0.1) is 0 Å². The average molecular weight is 390 g/mol. The molecule has 0 aliphatic rings. The first-order valence-corrected chi connectivity index (χ1v) is 9.48. The number of aromatic nitrogens is 4. The topological polar surface area (TPSA) is 78.5 Å². The summed E-state index contributed by atoms with van der Waals surface area (Å²) in [6.45, 7) is -0.0492. The number of hydrogen-bond acceptors (Lipinski definition) is 6. The first kappa shape index (κ1) is 16.6. The minimum atomic E-state index is -0.431. The van der Waals surface area contributed by atoms with E-state index in [4.69, 9.17) is 4.74 Å². The Morgan fingerprint density at radius 3 is 2.82 bits per heavy atom. The number of esters is 1. The van der Waals surface area contributed by atoms with Crippen LogP contribution in [0.15, 0.2) is 58.7 Å². The molecule has 0 saturated heterocycles. The van der Waals surface area contributed by atoms with Gasteiger partial charge in [-0.15, -0.1) is 21.5 Å². The third-order valence-corrected chi connectivity index (χ3v) is 5.63. The minimum Gasteiger partial charge on any atom is -0.454 e. The Kier molecular flexibility index (Phi) is 3.73. The number of fused-ring (bicyclic) bond motifs is 4. The Balaban J connectivity index is 1.53. The van der Waals surface area contributed by atoms with E-state index in [9.17, 15) is 9.59 Å². The van der Waals surface area contributed by atoms with Crippen LogP contribution >= 0.6 is 11.3 Å². The molecule has 0 fully saturated rings. The molecule has 0 unspecified atom stereocenters. The molecule has 0 amide bonds. The fraction of sp³-hybridized carbons (Fsp3) is 0.100. The van der Waals surface area contributed by atoms with Crippen LogP contribution in [0.3, 0.4) is 0 Å². The number of rotatable bonds is 3. The molecule has 28 heavy (non-hydrogen) atoms. The van der Waals surface area contributed by atoms with Crippen LogP contribution < -0.4 is 5.56 Å². The average Bonchev–Trinajstić information content (AvgIpc) is 3.36. The smallest absolute Gasteiger partial charge is 0.339 e. The highest BCUT2D eigenvalue weighted by atomic mass is 32.1. The molecule has 0 atom stereocenters. The monoisotopic (exact) mass is 390 g/mol. The van der Waals surface area contributed by atoms with Crippen molar-refractivity contribution in [2.45, 2.75) is 6.61 Å². The largest absolute Gasteiger partial charge is 0.454 e. The van der Waals surface area contributed by atoms with E-state index in [0.29, 0.717) is 27.4 Å². The number of benzene rings is 2. The SMILES string of the molecule is Cn1c(=O)c2sccc2n2c(COC(=O)c3cccc4ccccc34)nnc12. The van der Waals surface area contributed by atoms with Gasteiger partial charge in [-0.05, 0) is 28.3 Å². The summed E-state index contributed by atoms with van der Waals surface area (Å²) < 4.78 is 9.35. The van der Waals surface area contributed by atoms with Crippen molar-refractivity contribution in [2.24, 2.45) is 7.05 Å². The molecule has 0 spiro atoms. The predicted molar refractivity (Wildman–Crippen MR) is 107 cm³/mol. The highest BCUT2D eigenvalue weighted by molar-refractivity contribution is 7.17. The summed E-state index contributed by atoms with van der Waals surface area (Å²) in [4.78, 5) is 25.1. The van der Waals surface area contributed by atoms with Crippen LogP contribution in [-0.4, -0.2) is 25.1 Å². The van der Waals surface area contributed by atoms with Crippen molar-refractivity contribution >= 4 is 44.1 Å². The van der Waals surface area contributed by atoms with Crippen molar-refractivity contribution in [3.8, 4) is 0 Å². The maximum absolute atomic E-state index is 12.7. The summed E-state index contributed by atoms with van der Waals surface area (Å²) in [5, 5.41) is 11.9. The molecule has 7 nitrogen and oxygen atoms in total. The van der Waals surface area contributed by atoms with Gasteiger partial charge in [-0.25, -0.2) is 4.79 Å². The van der Waals surface area contributed by atoms with Crippen molar-refractivity contribution in [3.05, 3.63) is 75.7 Å². The normalized spacial score (nSPS) is 11.5. The zero-order valence-electron chi connectivity index (χ0n) is 14.8. The molecule has 3 heterocycles. The fourth-order valence-electron chi connectivity index (χ4n) is 3.36. The Bertz CT molecular complexity index is 1420. The van der Waals surface area contributed by atoms with Crippen LogP contribution in [0.4, 0.5) is 0 Å². The van der Waals surface area contributed by atoms with Gasteiger partial charge < -0.3 is 4.74 Å². The number of carbonyl (C=O) groups excluding carboxylic acids is 1. The second-order valence-electron chi connectivity index (χ2n) is 6.35. The van der Waals surface area contributed by atoms with Crippen molar-refractivity contribution in [1.29, 1.82) is 0 Å². The molecule has 5 rings (SSSR count). The Morgan fingerprint density at radius 1 is 1.11 bits per heavy atom. The molecule has 8 heteroatoms. The van der Waals surface area contributed by atoms with Crippen molar-refractivity contribution in [1.82, 2.24) is 19.2 Å². The van der Waals surface area contributed by atoms with Crippen molar-refractivity contribution < 1.29 is 9.53 Å². The van der Waals surface area contributed by atoms with Crippen molar-refractivity contribution in [2.75, 3.05) is 0 Å². The van der Waals surface area contributed by atoms with Crippen LogP contribution in [0.25, 0.3) is 26.8 Å². The van der Waals surface area contributed by atoms with E-state index in [1.165, 1.54) is 15.9 Å². The van der Waals surface area contributed by atoms with Gasteiger partial charge in [0.25, 0.3) is 5.56 Å². The second-order valence-corrected chi connectivity index (χ2v) is 7.27. The highest BCUT2D eigenvalue weighted by Crippen LogP contribution is 2.21. The molecule has 3 aromatic heterocycles. The van der Waals surface area contributed by atoms with Crippen LogP contribution in [0.1, 0.15) is 16.2 Å². The molecule has 5 aromatic rings. The maximum Gasteiger partial charge on any atom is 0.339 e. The Labute approximate surface area is 162 Å². The van der Waals surface area contributed by atoms with Gasteiger partial charge in [-0.3, -0.25) is 13.8 Å². The lowest BCUT2D eigenvalue weighted by molar-refractivity contribution is 0.0464. The Hall–Kier alpha value is -3.52. The van der Waals surface area contributed by atoms with E-state index < -0.39 is 5.97 Å². The first-order valence-electron chi connectivity index (χ1n) is 8.60. The van der Waals surface area contributed by atoms with Crippen LogP contribution in [-0.2, 0) is 18.4 Å². The summed E-state index contributed by atoms with van der Waals surface area (Å²) in [6.07, 6.45) is 0. The predicted octanol–water partition coefficient (Wildman–Crippen LogP) is 3.15. The third kappa shape index (κ3) is 2.42. The van der Waals surface area contributed by atoms with Gasteiger partial charge in [0.05, 0.1) is 11.1 Å². The van der Waals surface area contributed by atoms with E-state index in [0.717, 1.165) is 10.8 Å². The maximum atomic E-state index is 12.7. The standard InChI is InChI=1S/C20H14N4O3S/c1-23-18(25)17-15(9-10-28-17)24-16(21-22-20(23)24)11-27-19(26)14-8-4-6-12-5-2-3-7-13(12)14/h2-10H,11H2,1H3. The number of ether oxygens (including phenoxy) is 1. The van der Waals surface area contributed by atoms with Gasteiger partial charge in [0.2, 0.25) is 5.78 Å². The lowest BCUT2D eigenvalue weighted by Crippen LogP contribution is -2.19. The van der Waals surface area contributed by atoms with E-state index in [2.05, 4.69) is 10.2 Å². The molecule has 0 saturated carbocycles. The molecule has 2 aromatic carbocycles. The summed E-state index contributed by atoms with van der Waals surface area (Å²) >= 11 is 1.36. The second kappa shape index (κ2) is 6.28. The third-order valence-electron chi connectivity index (χ3n) is 4.74.